The standard InChI is InChI=1S/C27H26ClNO3/c1-18(2)20-8-10-21(11-9-20)25(30)17-27(32)23-16-22(28)12-13-24(23)29(26(27)31)15-14-19-6-4-3-5-7-19/h3-13,16,18,32H,14-15,17H2,1-2H3/t27-/m0/s1. The zero-order valence-electron chi connectivity index (χ0n) is 18.2. The number of halogens is 1. The quantitative estimate of drug-likeness (QED) is 0.485. The summed E-state index contributed by atoms with van der Waals surface area (Å²) >= 11 is 6.19. The van der Waals surface area contributed by atoms with Crippen molar-refractivity contribution in [2.45, 2.75) is 38.2 Å². The van der Waals surface area contributed by atoms with E-state index in [9.17, 15) is 14.7 Å². The third-order valence-corrected chi connectivity index (χ3v) is 6.31. The van der Waals surface area contributed by atoms with Crippen molar-refractivity contribution in [3.05, 3.63) is 100 Å². The summed E-state index contributed by atoms with van der Waals surface area (Å²) in [6.07, 6.45) is 0.303. The number of nitrogens with zero attached hydrogens (tertiary/aromatic N) is 1. The number of hydrogen-bond acceptors (Lipinski definition) is 3. The predicted molar refractivity (Wildman–Crippen MR) is 127 cm³/mol. The van der Waals surface area contributed by atoms with E-state index in [0.29, 0.717) is 40.7 Å². The first-order chi connectivity index (χ1) is 15.3. The molecular formula is C27H26ClNO3. The van der Waals surface area contributed by atoms with Crippen molar-refractivity contribution in [2.75, 3.05) is 11.4 Å². The van der Waals surface area contributed by atoms with Gasteiger partial charge in [-0.15, -0.1) is 0 Å². The number of hydrogen-bond donors (Lipinski definition) is 1. The van der Waals surface area contributed by atoms with E-state index in [-0.39, 0.29) is 12.2 Å². The predicted octanol–water partition coefficient (Wildman–Crippen LogP) is 5.51. The van der Waals surface area contributed by atoms with Gasteiger partial charge < -0.3 is 10.0 Å². The topological polar surface area (TPSA) is 57.6 Å². The van der Waals surface area contributed by atoms with Gasteiger partial charge in [0.2, 0.25) is 0 Å². The van der Waals surface area contributed by atoms with Crippen LogP contribution in [-0.4, -0.2) is 23.3 Å². The highest BCUT2D eigenvalue weighted by molar-refractivity contribution is 6.31. The summed E-state index contributed by atoms with van der Waals surface area (Å²) in [5.74, 6) is -0.420. The van der Waals surface area contributed by atoms with Gasteiger partial charge in [0.25, 0.3) is 5.91 Å². The highest BCUT2D eigenvalue weighted by Gasteiger charge is 2.50. The van der Waals surface area contributed by atoms with Crippen LogP contribution in [0.4, 0.5) is 5.69 Å². The minimum absolute atomic E-state index is 0.285. The molecule has 0 fully saturated rings. The average Bonchev–Trinajstić information content (AvgIpc) is 2.99. The van der Waals surface area contributed by atoms with E-state index in [0.717, 1.165) is 11.1 Å². The third-order valence-electron chi connectivity index (χ3n) is 6.08. The summed E-state index contributed by atoms with van der Waals surface area (Å²) in [5.41, 5.74) is 1.73. The van der Waals surface area contributed by atoms with Crippen molar-refractivity contribution >= 4 is 29.0 Å². The molecule has 0 aliphatic carbocycles. The van der Waals surface area contributed by atoms with Gasteiger partial charge in [0.15, 0.2) is 11.4 Å². The molecule has 1 amide bonds. The maximum atomic E-state index is 13.4. The Balaban J connectivity index is 1.61. The van der Waals surface area contributed by atoms with E-state index in [1.807, 2.05) is 42.5 Å². The molecule has 1 aliphatic rings. The number of amides is 1. The molecule has 0 spiro atoms. The van der Waals surface area contributed by atoms with Crippen LogP contribution in [0.5, 0.6) is 0 Å². The van der Waals surface area contributed by atoms with Gasteiger partial charge in [-0.3, -0.25) is 9.59 Å². The molecule has 1 N–H and O–H groups in total. The van der Waals surface area contributed by atoms with Crippen LogP contribution in [0.3, 0.4) is 0 Å². The first-order valence-corrected chi connectivity index (χ1v) is 11.2. The van der Waals surface area contributed by atoms with Gasteiger partial charge in [-0.2, -0.15) is 0 Å². The molecule has 0 radical (unpaired) electrons. The summed E-state index contributed by atoms with van der Waals surface area (Å²) in [7, 11) is 0. The molecule has 0 unspecified atom stereocenters. The van der Waals surface area contributed by atoms with Gasteiger partial charge in [-0.05, 0) is 41.7 Å². The van der Waals surface area contributed by atoms with Crippen LogP contribution in [0.1, 0.15) is 53.2 Å². The Kier molecular flexibility index (Phi) is 6.18. The molecular weight excluding hydrogens is 422 g/mol. The highest BCUT2D eigenvalue weighted by Crippen LogP contribution is 2.44. The Morgan fingerprint density at radius 1 is 1.03 bits per heavy atom. The van der Waals surface area contributed by atoms with Crippen molar-refractivity contribution < 1.29 is 14.7 Å². The van der Waals surface area contributed by atoms with Crippen LogP contribution >= 0.6 is 11.6 Å². The molecule has 164 valence electrons. The Hall–Kier alpha value is -2.95. The number of carbonyl (C=O) groups is 2. The van der Waals surface area contributed by atoms with E-state index in [1.54, 1.807) is 35.2 Å². The first-order valence-electron chi connectivity index (χ1n) is 10.8. The summed E-state index contributed by atoms with van der Waals surface area (Å²) in [6, 6.07) is 22.2. The molecule has 5 heteroatoms. The smallest absolute Gasteiger partial charge is 0.264 e. The lowest BCUT2D eigenvalue weighted by molar-refractivity contribution is -0.135. The number of benzene rings is 3. The molecule has 1 atom stereocenters. The molecule has 32 heavy (non-hydrogen) atoms. The molecule has 1 heterocycles. The molecule has 0 bridgehead atoms. The average molecular weight is 448 g/mol. The minimum Gasteiger partial charge on any atom is -0.375 e. The van der Waals surface area contributed by atoms with Crippen molar-refractivity contribution in [1.29, 1.82) is 0 Å². The number of anilines is 1. The number of aliphatic hydroxyl groups is 1. The van der Waals surface area contributed by atoms with E-state index in [4.69, 9.17) is 11.6 Å². The summed E-state index contributed by atoms with van der Waals surface area (Å²) < 4.78 is 0. The Labute approximate surface area is 193 Å². The monoisotopic (exact) mass is 447 g/mol. The largest absolute Gasteiger partial charge is 0.375 e. The lowest BCUT2D eigenvalue weighted by atomic mass is 9.87. The van der Waals surface area contributed by atoms with Gasteiger partial charge >= 0.3 is 0 Å². The molecule has 4 rings (SSSR count). The fraction of sp³-hybridized carbons (Fsp3) is 0.259. The lowest BCUT2D eigenvalue weighted by Gasteiger charge is -2.23. The van der Waals surface area contributed by atoms with Gasteiger partial charge in [-0.25, -0.2) is 0 Å². The molecule has 0 saturated heterocycles. The maximum absolute atomic E-state index is 13.4. The van der Waals surface area contributed by atoms with E-state index in [1.165, 1.54) is 0 Å². The summed E-state index contributed by atoms with van der Waals surface area (Å²) in [5, 5.41) is 11.9. The Morgan fingerprint density at radius 2 is 1.72 bits per heavy atom. The highest BCUT2D eigenvalue weighted by atomic mass is 35.5. The Morgan fingerprint density at radius 3 is 2.38 bits per heavy atom. The van der Waals surface area contributed by atoms with Crippen molar-refractivity contribution in [3.8, 4) is 0 Å². The molecule has 0 saturated carbocycles. The third kappa shape index (κ3) is 4.21. The minimum atomic E-state index is -1.94. The summed E-state index contributed by atoms with van der Waals surface area (Å²) in [4.78, 5) is 28.0. The molecule has 3 aromatic rings. The first kappa shape index (κ1) is 22.3. The van der Waals surface area contributed by atoms with Crippen molar-refractivity contribution in [2.24, 2.45) is 0 Å². The molecule has 4 nitrogen and oxygen atoms in total. The number of Topliss-reactive ketones (excluding diaryl/α,β-unsaturated/α-hetero) is 1. The van der Waals surface area contributed by atoms with Crippen LogP contribution in [0.2, 0.25) is 5.02 Å². The second-order valence-corrected chi connectivity index (χ2v) is 9.03. The summed E-state index contributed by atoms with van der Waals surface area (Å²) in [6.45, 7) is 4.57. The van der Waals surface area contributed by atoms with Crippen molar-refractivity contribution in [3.63, 3.8) is 0 Å². The van der Waals surface area contributed by atoms with Crippen LogP contribution in [0.25, 0.3) is 0 Å². The van der Waals surface area contributed by atoms with E-state index < -0.39 is 11.5 Å². The van der Waals surface area contributed by atoms with E-state index in [2.05, 4.69) is 13.8 Å². The van der Waals surface area contributed by atoms with Gasteiger partial charge in [0.1, 0.15) is 0 Å². The molecule has 0 aromatic heterocycles. The van der Waals surface area contributed by atoms with Crippen LogP contribution in [-0.2, 0) is 16.8 Å². The van der Waals surface area contributed by atoms with Gasteiger partial charge in [-0.1, -0.05) is 80.0 Å². The fourth-order valence-electron chi connectivity index (χ4n) is 4.19. The van der Waals surface area contributed by atoms with E-state index >= 15 is 0 Å². The zero-order chi connectivity index (χ0) is 22.9. The van der Waals surface area contributed by atoms with Crippen LogP contribution in [0, 0.1) is 0 Å². The maximum Gasteiger partial charge on any atom is 0.264 e. The fourth-order valence-corrected chi connectivity index (χ4v) is 4.36. The second-order valence-electron chi connectivity index (χ2n) is 8.59. The molecule has 1 aliphatic heterocycles. The number of rotatable bonds is 7. The number of ketones is 1. The van der Waals surface area contributed by atoms with Crippen LogP contribution in [0.15, 0.2) is 72.8 Å². The van der Waals surface area contributed by atoms with Crippen molar-refractivity contribution in [1.82, 2.24) is 0 Å². The van der Waals surface area contributed by atoms with Gasteiger partial charge in [0.05, 0.1) is 12.1 Å². The number of fused-ring (bicyclic) bond motifs is 1. The normalized spacial score (nSPS) is 17.7. The second kappa shape index (κ2) is 8.89. The Bertz CT molecular complexity index is 1140. The van der Waals surface area contributed by atoms with Crippen LogP contribution < -0.4 is 4.90 Å². The zero-order valence-corrected chi connectivity index (χ0v) is 19.0. The van der Waals surface area contributed by atoms with Gasteiger partial charge in [0, 0.05) is 22.7 Å². The number of carbonyl (C=O) groups excluding carboxylic acids is 2. The SMILES string of the molecule is CC(C)c1ccc(C(=O)C[C@@]2(O)C(=O)N(CCc3ccccc3)c3ccc(Cl)cc32)cc1. The lowest BCUT2D eigenvalue weighted by Crippen LogP contribution is -2.42. The molecule has 3 aromatic carbocycles.